The van der Waals surface area contributed by atoms with Crippen molar-refractivity contribution in [3.05, 3.63) is 59.7 Å². The molecule has 24 heavy (non-hydrogen) atoms. The van der Waals surface area contributed by atoms with Gasteiger partial charge in [0.1, 0.15) is 6.79 Å². The number of Topliss-reactive ketones (excluding diaryl/α,β-unsaturated/α-hetero) is 1. The van der Waals surface area contributed by atoms with E-state index >= 15 is 0 Å². The molecule has 0 atom stereocenters. The van der Waals surface area contributed by atoms with Crippen molar-refractivity contribution in [2.45, 2.75) is 45.4 Å². The summed E-state index contributed by atoms with van der Waals surface area (Å²) in [6, 6.07) is 16.8. The molecule has 0 saturated heterocycles. The molecule has 0 unspecified atom stereocenters. The summed E-state index contributed by atoms with van der Waals surface area (Å²) in [6.07, 6.45) is 8.26. The Hall–Kier alpha value is -2.22. The lowest BCUT2D eigenvalue weighted by molar-refractivity contribution is -0.0980. The highest BCUT2D eigenvalue weighted by Gasteiger charge is 2.13. The van der Waals surface area contributed by atoms with Crippen molar-refractivity contribution < 1.29 is 9.59 Å². The van der Waals surface area contributed by atoms with E-state index in [4.69, 9.17) is 4.79 Å². The normalized spacial score (nSPS) is 14.5. The lowest BCUT2D eigenvalue weighted by Gasteiger charge is -2.21. The first-order valence-corrected chi connectivity index (χ1v) is 8.71. The molecular formula is C22H26O2. The van der Waals surface area contributed by atoms with Gasteiger partial charge in [-0.05, 0) is 36.0 Å². The number of carbonyl (C=O) groups excluding carboxylic acids is 2. The first kappa shape index (κ1) is 18.1. The summed E-state index contributed by atoms with van der Waals surface area (Å²) in [5.41, 5.74) is 4.63. The third-order valence-electron chi connectivity index (χ3n) is 4.83. The van der Waals surface area contributed by atoms with Crippen LogP contribution in [0.3, 0.4) is 0 Å². The number of rotatable bonds is 4. The molecule has 0 heterocycles. The minimum atomic E-state index is 0.120. The van der Waals surface area contributed by atoms with Gasteiger partial charge >= 0.3 is 0 Å². The summed E-state index contributed by atoms with van der Waals surface area (Å²) >= 11 is 0. The minimum absolute atomic E-state index is 0.120. The molecule has 126 valence electrons. The second-order valence-corrected chi connectivity index (χ2v) is 6.54. The van der Waals surface area contributed by atoms with E-state index < -0.39 is 0 Å². The second-order valence-electron chi connectivity index (χ2n) is 6.54. The predicted octanol–water partition coefficient (Wildman–Crippen LogP) is 5.49. The van der Waals surface area contributed by atoms with Gasteiger partial charge in [-0.15, -0.1) is 0 Å². The minimum Gasteiger partial charge on any atom is -0.307 e. The van der Waals surface area contributed by atoms with Crippen LogP contribution in [0.15, 0.2) is 48.5 Å². The monoisotopic (exact) mass is 322 g/mol. The predicted molar refractivity (Wildman–Crippen MR) is 99.3 cm³/mol. The van der Waals surface area contributed by atoms with Crippen molar-refractivity contribution in [3.63, 3.8) is 0 Å². The molecule has 2 aromatic carbocycles. The number of benzene rings is 2. The fraction of sp³-hybridized carbons (Fsp3) is 0.364. The first-order valence-electron chi connectivity index (χ1n) is 8.71. The van der Waals surface area contributed by atoms with Crippen LogP contribution in [0.5, 0.6) is 0 Å². The first-order chi connectivity index (χ1) is 11.7. The Kier molecular flexibility index (Phi) is 6.92. The quantitative estimate of drug-likeness (QED) is 0.697. The molecule has 1 saturated carbocycles. The molecule has 0 N–H and O–H groups in total. The third-order valence-corrected chi connectivity index (χ3v) is 4.83. The molecule has 2 aromatic rings. The van der Waals surface area contributed by atoms with Crippen molar-refractivity contribution in [1.82, 2.24) is 0 Å². The average Bonchev–Trinajstić information content (AvgIpc) is 2.65. The van der Waals surface area contributed by atoms with Gasteiger partial charge in [-0.1, -0.05) is 80.6 Å². The Labute approximate surface area is 144 Å². The van der Waals surface area contributed by atoms with Gasteiger partial charge in [-0.2, -0.15) is 0 Å². The van der Waals surface area contributed by atoms with Gasteiger partial charge in [0.05, 0.1) is 0 Å². The van der Waals surface area contributed by atoms with Crippen LogP contribution >= 0.6 is 0 Å². The zero-order valence-corrected chi connectivity index (χ0v) is 14.5. The summed E-state index contributed by atoms with van der Waals surface area (Å²) in [7, 11) is 0. The molecule has 1 aliphatic rings. The van der Waals surface area contributed by atoms with Crippen LogP contribution in [-0.2, 0) is 11.2 Å². The number of hydrogen-bond acceptors (Lipinski definition) is 2. The number of carbonyl (C=O) groups is 2. The maximum absolute atomic E-state index is 11.3. The summed E-state index contributed by atoms with van der Waals surface area (Å²) in [5.74, 6) is 1.00. The second kappa shape index (κ2) is 9.17. The highest BCUT2D eigenvalue weighted by molar-refractivity contribution is 5.94. The topological polar surface area (TPSA) is 34.1 Å². The van der Waals surface area contributed by atoms with E-state index in [0.29, 0.717) is 0 Å². The van der Waals surface area contributed by atoms with E-state index in [1.54, 1.807) is 6.92 Å². The van der Waals surface area contributed by atoms with Gasteiger partial charge in [0.25, 0.3) is 0 Å². The number of ketones is 1. The average molecular weight is 322 g/mol. The third kappa shape index (κ3) is 4.89. The van der Waals surface area contributed by atoms with Crippen molar-refractivity contribution in [2.24, 2.45) is 5.92 Å². The Morgan fingerprint density at radius 3 is 1.88 bits per heavy atom. The SMILES string of the molecule is C=O.CC(=O)c1ccc(-c2ccc(CC3CCCCC3)cc2)cc1. The molecule has 1 fully saturated rings. The van der Waals surface area contributed by atoms with E-state index in [-0.39, 0.29) is 5.78 Å². The van der Waals surface area contributed by atoms with Gasteiger partial charge in [-0.3, -0.25) is 4.79 Å². The standard InChI is InChI=1S/C21H24O.CH2O/c1-16(22)19-11-13-21(14-12-19)20-9-7-18(8-10-20)15-17-5-3-2-4-6-17;1-2/h7-14,17H,2-6,15H2,1H3;1H2. The van der Waals surface area contributed by atoms with Gasteiger partial charge < -0.3 is 4.79 Å². The van der Waals surface area contributed by atoms with Crippen LogP contribution < -0.4 is 0 Å². The molecule has 2 heteroatoms. The van der Waals surface area contributed by atoms with Crippen LogP contribution in [0.2, 0.25) is 0 Å². The summed E-state index contributed by atoms with van der Waals surface area (Å²) in [4.78, 5) is 19.3. The summed E-state index contributed by atoms with van der Waals surface area (Å²) in [6.45, 7) is 3.61. The molecule has 0 amide bonds. The van der Waals surface area contributed by atoms with Crippen LogP contribution in [0.25, 0.3) is 11.1 Å². The van der Waals surface area contributed by atoms with E-state index in [2.05, 4.69) is 24.3 Å². The summed E-state index contributed by atoms with van der Waals surface area (Å²) < 4.78 is 0. The molecule has 0 aromatic heterocycles. The maximum atomic E-state index is 11.3. The molecule has 3 rings (SSSR count). The summed E-state index contributed by atoms with van der Waals surface area (Å²) in [5, 5.41) is 0. The lowest BCUT2D eigenvalue weighted by atomic mass is 9.84. The number of hydrogen-bond donors (Lipinski definition) is 0. The smallest absolute Gasteiger partial charge is 0.159 e. The van der Waals surface area contributed by atoms with Crippen molar-refractivity contribution in [3.8, 4) is 11.1 Å². The van der Waals surface area contributed by atoms with Crippen LogP contribution in [0.4, 0.5) is 0 Å². The lowest BCUT2D eigenvalue weighted by Crippen LogP contribution is -2.09. The van der Waals surface area contributed by atoms with Crippen molar-refractivity contribution in [1.29, 1.82) is 0 Å². The van der Waals surface area contributed by atoms with Crippen molar-refractivity contribution >= 4 is 12.6 Å². The van der Waals surface area contributed by atoms with E-state index in [1.165, 1.54) is 55.2 Å². The molecule has 0 radical (unpaired) electrons. The molecule has 0 aliphatic heterocycles. The molecule has 1 aliphatic carbocycles. The Balaban J connectivity index is 0.00000100. The van der Waals surface area contributed by atoms with Gasteiger partial charge in [-0.25, -0.2) is 0 Å². The van der Waals surface area contributed by atoms with E-state index in [0.717, 1.165) is 11.5 Å². The van der Waals surface area contributed by atoms with E-state index in [1.807, 2.05) is 31.1 Å². The van der Waals surface area contributed by atoms with Gasteiger partial charge in [0, 0.05) is 5.56 Å². The van der Waals surface area contributed by atoms with Crippen LogP contribution in [0, 0.1) is 5.92 Å². The highest BCUT2D eigenvalue weighted by Crippen LogP contribution is 2.28. The molecule has 0 bridgehead atoms. The molecule has 0 spiro atoms. The maximum Gasteiger partial charge on any atom is 0.159 e. The van der Waals surface area contributed by atoms with Gasteiger partial charge in [0.2, 0.25) is 0 Å². The fourth-order valence-corrected chi connectivity index (χ4v) is 3.46. The van der Waals surface area contributed by atoms with Crippen molar-refractivity contribution in [2.75, 3.05) is 0 Å². The van der Waals surface area contributed by atoms with Crippen LogP contribution in [-0.4, -0.2) is 12.6 Å². The fourth-order valence-electron chi connectivity index (χ4n) is 3.46. The molecular weight excluding hydrogens is 296 g/mol. The zero-order chi connectivity index (χ0) is 17.4. The van der Waals surface area contributed by atoms with E-state index in [9.17, 15) is 4.79 Å². The Bertz CT molecular complexity index is 635. The van der Waals surface area contributed by atoms with Crippen LogP contribution in [0.1, 0.15) is 54.9 Å². The highest BCUT2D eigenvalue weighted by atomic mass is 16.1. The Morgan fingerprint density at radius 1 is 0.875 bits per heavy atom. The Morgan fingerprint density at radius 2 is 1.38 bits per heavy atom. The zero-order valence-electron chi connectivity index (χ0n) is 14.5. The largest absolute Gasteiger partial charge is 0.307 e. The van der Waals surface area contributed by atoms with Gasteiger partial charge in [0.15, 0.2) is 5.78 Å². The molecule has 2 nitrogen and oxygen atoms in total.